The van der Waals surface area contributed by atoms with E-state index in [1.165, 1.54) is 0 Å². The zero-order valence-electron chi connectivity index (χ0n) is 9.74. The average molecular weight is 360 g/mol. The predicted octanol–water partition coefficient (Wildman–Crippen LogP) is 3.04. The summed E-state index contributed by atoms with van der Waals surface area (Å²) in [6.07, 6.45) is 1.07. The molecule has 0 radical (unpaired) electrons. The van der Waals surface area contributed by atoms with E-state index in [1.54, 1.807) is 23.4 Å². The van der Waals surface area contributed by atoms with Crippen molar-refractivity contribution >= 4 is 45.3 Å². The van der Waals surface area contributed by atoms with Gasteiger partial charge in [0.15, 0.2) is 5.16 Å². The Morgan fingerprint density at radius 2 is 2.24 bits per heavy atom. The molecule has 1 heterocycles. The second-order valence-electron chi connectivity index (χ2n) is 3.77. The Kier molecular flexibility index (Phi) is 4.09. The first-order chi connectivity index (χ1) is 8.13. The van der Waals surface area contributed by atoms with Crippen molar-refractivity contribution in [3.8, 4) is 0 Å². The number of benzene rings is 1. The summed E-state index contributed by atoms with van der Waals surface area (Å²) in [5.74, 6) is 0.982. The van der Waals surface area contributed by atoms with Gasteiger partial charge in [0.2, 0.25) is 0 Å². The molecule has 1 aromatic carbocycles. The smallest absolute Gasteiger partial charge is 0.261 e. The third kappa shape index (κ3) is 2.65. The van der Waals surface area contributed by atoms with Crippen LogP contribution in [0.4, 0.5) is 0 Å². The van der Waals surface area contributed by atoms with Crippen LogP contribution in [0, 0.1) is 3.57 Å². The molecular weight excluding hydrogens is 347 g/mol. The molecule has 0 unspecified atom stereocenters. The molecular formula is C12H13IN2OS. The van der Waals surface area contributed by atoms with Gasteiger partial charge in [0.1, 0.15) is 0 Å². The standard InChI is InChI=1S/C12H13IN2OS/c1-3-6-17-12-14-10-5-4-8(13)7-9(10)11(16)15(12)2/h4-5,7H,3,6H2,1-2H3. The second-order valence-corrected chi connectivity index (χ2v) is 6.08. The maximum Gasteiger partial charge on any atom is 0.261 e. The Bertz CT molecular complexity index is 609. The minimum absolute atomic E-state index is 0.0344. The van der Waals surface area contributed by atoms with Crippen molar-refractivity contribution in [3.63, 3.8) is 0 Å². The molecule has 3 nitrogen and oxygen atoms in total. The van der Waals surface area contributed by atoms with Gasteiger partial charge in [0, 0.05) is 16.4 Å². The molecule has 2 rings (SSSR count). The fourth-order valence-electron chi connectivity index (χ4n) is 1.55. The molecule has 0 aliphatic rings. The largest absolute Gasteiger partial charge is 0.290 e. The fraction of sp³-hybridized carbons (Fsp3) is 0.333. The third-order valence-electron chi connectivity index (χ3n) is 2.43. The SMILES string of the molecule is CCCSc1nc2ccc(I)cc2c(=O)n1C. The normalized spacial score (nSPS) is 11.0. The van der Waals surface area contributed by atoms with E-state index in [0.717, 1.165) is 26.4 Å². The third-order valence-corrected chi connectivity index (χ3v) is 4.34. The molecule has 0 aliphatic carbocycles. The summed E-state index contributed by atoms with van der Waals surface area (Å²) in [5, 5.41) is 1.49. The topological polar surface area (TPSA) is 34.9 Å². The molecule has 0 N–H and O–H groups in total. The van der Waals surface area contributed by atoms with Crippen molar-refractivity contribution in [1.29, 1.82) is 0 Å². The lowest BCUT2D eigenvalue weighted by Crippen LogP contribution is -2.20. The van der Waals surface area contributed by atoms with E-state index in [0.29, 0.717) is 5.39 Å². The molecule has 0 fully saturated rings. The van der Waals surface area contributed by atoms with Gasteiger partial charge >= 0.3 is 0 Å². The van der Waals surface area contributed by atoms with Gasteiger partial charge in [0.25, 0.3) is 5.56 Å². The first-order valence-corrected chi connectivity index (χ1v) is 7.49. The Hall–Kier alpha value is -0.560. The number of halogens is 1. The zero-order chi connectivity index (χ0) is 12.4. The number of aromatic nitrogens is 2. The van der Waals surface area contributed by atoms with Crippen molar-refractivity contribution < 1.29 is 0 Å². The molecule has 1 aromatic heterocycles. The van der Waals surface area contributed by atoms with Crippen molar-refractivity contribution in [2.24, 2.45) is 7.05 Å². The van der Waals surface area contributed by atoms with E-state index < -0.39 is 0 Å². The van der Waals surface area contributed by atoms with Crippen LogP contribution in [0.3, 0.4) is 0 Å². The number of thioether (sulfide) groups is 1. The Morgan fingerprint density at radius 1 is 1.47 bits per heavy atom. The van der Waals surface area contributed by atoms with Gasteiger partial charge in [-0.1, -0.05) is 18.7 Å². The molecule has 0 saturated carbocycles. The molecule has 0 spiro atoms. The first kappa shape index (κ1) is 12.9. The van der Waals surface area contributed by atoms with E-state index in [9.17, 15) is 4.79 Å². The van der Waals surface area contributed by atoms with Crippen LogP contribution in [0.1, 0.15) is 13.3 Å². The Labute approximate surface area is 118 Å². The van der Waals surface area contributed by atoms with E-state index in [-0.39, 0.29) is 5.56 Å². The Morgan fingerprint density at radius 3 is 2.94 bits per heavy atom. The predicted molar refractivity (Wildman–Crippen MR) is 80.7 cm³/mol. The first-order valence-electron chi connectivity index (χ1n) is 5.42. The second kappa shape index (κ2) is 5.39. The van der Waals surface area contributed by atoms with Gasteiger partial charge < -0.3 is 0 Å². The summed E-state index contributed by atoms with van der Waals surface area (Å²) in [6, 6.07) is 5.78. The van der Waals surface area contributed by atoms with E-state index in [2.05, 4.69) is 34.5 Å². The van der Waals surface area contributed by atoms with E-state index in [1.807, 2.05) is 18.2 Å². The van der Waals surface area contributed by atoms with Crippen LogP contribution >= 0.6 is 34.4 Å². The Balaban J connectivity index is 2.62. The van der Waals surface area contributed by atoms with Gasteiger partial charge in [-0.2, -0.15) is 0 Å². The quantitative estimate of drug-likeness (QED) is 0.480. The molecule has 0 bridgehead atoms. The summed E-state index contributed by atoms with van der Waals surface area (Å²) in [7, 11) is 1.78. The highest BCUT2D eigenvalue weighted by molar-refractivity contribution is 14.1. The molecule has 5 heteroatoms. The highest BCUT2D eigenvalue weighted by atomic mass is 127. The summed E-state index contributed by atoms with van der Waals surface area (Å²) in [4.78, 5) is 16.7. The van der Waals surface area contributed by atoms with E-state index in [4.69, 9.17) is 0 Å². The summed E-state index contributed by atoms with van der Waals surface area (Å²) >= 11 is 3.84. The van der Waals surface area contributed by atoms with Crippen LogP contribution < -0.4 is 5.56 Å². The number of nitrogens with zero attached hydrogens (tertiary/aromatic N) is 2. The van der Waals surface area contributed by atoms with Gasteiger partial charge in [-0.15, -0.1) is 0 Å². The maximum absolute atomic E-state index is 12.2. The van der Waals surface area contributed by atoms with Crippen molar-refractivity contribution in [3.05, 3.63) is 32.1 Å². The fourth-order valence-corrected chi connectivity index (χ4v) is 2.86. The molecule has 0 aliphatic heterocycles. The van der Waals surface area contributed by atoms with Crippen molar-refractivity contribution in [1.82, 2.24) is 9.55 Å². The molecule has 2 aromatic rings. The number of rotatable bonds is 3. The van der Waals surface area contributed by atoms with Gasteiger partial charge in [-0.05, 0) is 47.2 Å². The van der Waals surface area contributed by atoms with Gasteiger partial charge in [0.05, 0.1) is 10.9 Å². The molecule has 0 amide bonds. The number of fused-ring (bicyclic) bond motifs is 1. The van der Waals surface area contributed by atoms with Crippen LogP contribution in [-0.4, -0.2) is 15.3 Å². The minimum atomic E-state index is 0.0344. The molecule has 0 atom stereocenters. The number of hydrogen-bond acceptors (Lipinski definition) is 3. The van der Waals surface area contributed by atoms with Gasteiger partial charge in [-0.25, -0.2) is 4.98 Å². The maximum atomic E-state index is 12.2. The van der Waals surface area contributed by atoms with Crippen LogP contribution in [0.5, 0.6) is 0 Å². The average Bonchev–Trinajstić information content (AvgIpc) is 2.33. The summed E-state index contributed by atoms with van der Waals surface area (Å²) < 4.78 is 2.70. The molecule has 17 heavy (non-hydrogen) atoms. The monoisotopic (exact) mass is 360 g/mol. The highest BCUT2D eigenvalue weighted by Crippen LogP contribution is 2.18. The van der Waals surface area contributed by atoms with E-state index >= 15 is 0 Å². The molecule has 0 saturated heterocycles. The van der Waals surface area contributed by atoms with Crippen LogP contribution in [0.25, 0.3) is 10.9 Å². The van der Waals surface area contributed by atoms with Crippen LogP contribution in [0.2, 0.25) is 0 Å². The van der Waals surface area contributed by atoms with Crippen molar-refractivity contribution in [2.45, 2.75) is 18.5 Å². The lowest BCUT2D eigenvalue weighted by Gasteiger charge is -2.08. The summed E-state index contributed by atoms with van der Waals surface area (Å²) in [5.41, 5.74) is 0.819. The molecule has 90 valence electrons. The van der Waals surface area contributed by atoms with Crippen molar-refractivity contribution in [2.75, 3.05) is 5.75 Å². The van der Waals surface area contributed by atoms with Gasteiger partial charge in [-0.3, -0.25) is 9.36 Å². The highest BCUT2D eigenvalue weighted by Gasteiger charge is 2.08. The van der Waals surface area contributed by atoms with Crippen LogP contribution in [0.15, 0.2) is 28.2 Å². The lowest BCUT2D eigenvalue weighted by molar-refractivity contribution is 0.725. The zero-order valence-corrected chi connectivity index (χ0v) is 12.7. The number of hydrogen-bond donors (Lipinski definition) is 0. The minimum Gasteiger partial charge on any atom is -0.290 e. The lowest BCUT2D eigenvalue weighted by atomic mass is 10.2. The van der Waals surface area contributed by atoms with Crippen LogP contribution in [-0.2, 0) is 7.05 Å². The summed E-state index contributed by atoms with van der Waals surface area (Å²) in [6.45, 7) is 2.12.